The zero-order valence-corrected chi connectivity index (χ0v) is 27.8. The van der Waals surface area contributed by atoms with Crippen LogP contribution in [0.4, 0.5) is 0 Å². The molecular weight excluding hydrogens is 674 g/mol. The number of nitrogens with one attached hydrogen (secondary N) is 2. The summed E-state index contributed by atoms with van der Waals surface area (Å²) in [6.45, 7) is 0.890. The first kappa shape index (κ1) is 34.6. The molecule has 18 nitrogen and oxygen atoms in total. The molecule has 46 heavy (non-hydrogen) atoms. The van der Waals surface area contributed by atoms with Gasteiger partial charge in [0.25, 0.3) is 11.1 Å². The van der Waals surface area contributed by atoms with Crippen molar-refractivity contribution in [3.05, 3.63) is 65.2 Å². The number of esters is 1. The van der Waals surface area contributed by atoms with Crippen LogP contribution in [0.25, 0.3) is 0 Å². The summed E-state index contributed by atoms with van der Waals surface area (Å²) in [5.41, 5.74) is -2.32. The molecule has 0 aliphatic carbocycles. The number of aryl methyl sites for hydroxylation is 2. The highest BCUT2D eigenvalue weighted by molar-refractivity contribution is 8.55. The van der Waals surface area contributed by atoms with Crippen LogP contribution >= 0.6 is 26.4 Å². The van der Waals surface area contributed by atoms with E-state index in [0.717, 1.165) is 9.13 Å². The van der Waals surface area contributed by atoms with Crippen molar-refractivity contribution < 1.29 is 48.0 Å². The Hall–Kier alpha value is -2.73. The molecule has 254 valence electrons. The molecule has 2 aromatic rings. The largest absolute Gasteiger partial charge is 0.695 e. The number of carbonyl (C=O) groups is 1. The van der Waals surface area contributed by atoms with E-state index in [1.807, 2.05) is 0 Å². The van der Waals surface area contributed by atoms with Crippen LogP contribution in [-0.2, 0) is 41.7 Å². The number of ether oxygens (including phenoxy) is 3. The maximum absolute atomic E-state index is 14.2. The van der Waals surface area contributed by atoms with Gasteiger partial charge < -0.3 is 14.2 Å². The van der Waals surface area contributed by atoms with E-state index in [1.54, 1.807) is 13.8 Å². The van der Waals surface area contributed by atoms with Gasteiger partial charge in [-0.1, -0.05) is 13.8 Å². The summed E-state index contributed by atoms with van der Waals surface area (Å²) in [6.07, 6.45) is -4.11. The minimum Gasteiger partial charge on any atom is -0.454 e. The fourth-order valence-corrected chi connectivity index (χ4v) is 7.87. The second kappa shape index (κ2) is 15.0. The Morgan fingerprint density at radius 2 is 1.65 bits per heavy atom. The highest BCUT2D eigenvalue weighted by Gasteiger charge is 2.46. The molecule has 2 saturated heterocycles. The lowest BCUT2D eigenvalue weighted by atomic mass is 10.2. The Kier molecular flexibility index (Phi) is 11.3. The minimum atomic E-state index is -4.34. The first-order chi connectivity index (χ1) is 22.1. The standard InChI is InChI=1S/C25H34N4O14P2S/c1-12(2)23(32)38-11-46-45(37,43-16-6-19(40-15(16)5)28-8-13(3)21(30)26-24(28)33)39-10-18-17(42-44(35)36)7-20(41-18)29-9-14(4)22(31)27-25(29)34/h8-9,12,15-20H,6-7,10-11H2,1-5H3,(H2-,26,27,30,31,33,34,35,36)/p+1/t15-,16?,17?,18-,19-,20-,45?/m1/s1/i5D. The van der Waals surface area contributed by atoms with Crippen molar-refractivity contribution in [3.8, 4) is 0 Å². The van der Waals surface area contributed by atoms with Crippen LogP contribution in [-0.4, -0.2) is 66.9 Å². The summed E-state index contributed by atoms with van der Waals surface area (Å²) in [5.74, 6) is -1.54. The Labute approximate surface area is 267 Å². The van der Waals surface area contributed by atoms with E-state index in [-0.39, 0.29) is 30.9 Å². The van der Waals surface area contributed by atoms with Crippen LogP contribution in [0.5, 0.6) is 0 Å². The molecular formula is C25H35N4O14P2S+. The zero-order chi connectivity index (χ0) is 34.6. The third-order valence-electron chi connectivity index (χ3n) is 7.04. The van der Waals surface area contributed by atoms with E-state index in [0.29, 0.717) is 11.4 Å². The molecule has 0 amide bonds. The lowest BCUT2D eigenvalue weighted by Crippen LogP contribution is -2.33. The van der Waals surface area contributed by atoms with Gasteiger partial charge in [0.2, 0.25) is 0 Å². The van der Waals surface area contributed by atoms with Crippen molar-refractivity contribution in [3.63, 3.8) is 0 Å². The van der Waals surface area contributed by atoms with Gasteiger partial charge in [0.1, 0.15) is 30.6 Å². The Bertz CT molecular complexity index is 1760. The third-order valence-corrected chi connectivity index (χ3v) is 10.9. The van der Waals surface area contributed by atoms with Gasteiger partial charge in [0, 0.05) is 53.7 Å². The first-order valence-electron chi connectivity index (χ1n) is 14.6. The van der Waals surface area contributed by atoms with Gasteiger partial charge in [0.05, 0.1) is 24.7 Å². The zero-order valence-electron chi connectivity index (χ0n) is 26.2. The second-order valence-corrected chi connectivity index (χ2v) is 15.5. The smallest absolute Gasteiger partial charge is 0.454 e. The molecule has 0 bridgehead atoms. The molecule has 0 spiro atoms. The van der Waals surface area contributed by atoms with Crippen LogP contribution in [0.15, 0.2) is 31.6 Å². The average Bonchev–Trinajstić information content (AvgIpc) is 3.58. The van der Waals surface area contributed by atoms with Crippen LogP contribution in [0, 0.1) is 19.8 Å². The molecule has 2 fully saturated rings. The molecule has 4 unspecified atom stereocenters. The molecule has 0 aromatic carbocycles. The van der Waals surface area contributed by atoms with Crippen LogP contribution < -0.4 is 22.5 Å². The van der Waals surface area contributed by atoms with Crippen molar-refractivity contribution in [2.75, 3.05) is 12.5 Å². The predicted octanol–water partition coefficient (Wildman–Crippen LogP) is 1.73. The monoisotopic (exact) mass is 710 g/mol. The van der Waals surface area contributed by atoms with E-state index in [4.69, 9.17) is 29.2 Å². The number of aromatic nitrogens is 4. The number of aromatic amines is 2. The van der Waals surface area contributed by atoms with E-state index in [1.165, 1.54) is 26.2 Å². The van der Waals surface area contributed by atoms with Crippen molar-refractivity contribution >= 4 is 32.4 Å². The third kappa shape index (κ3) is 8.79. The maximum Gasteiger partial charge on any atom is 0.695 e. The first-order valence-corrected chi connectivity index (χ1v) is 18.2. The summed E-state index contributed by atoms with van der Waals surface area (Å²) < 4.78 is 69.5. The number of nitrogens with zero attached hydrogens (tertiary/aromatic N) is 2. The van der Waals surface area contributed by atoms with Crippen molar-refractivity contribution in [2.24, 2.45) is 5.92 Å². The van der Waals surface area contributed by atoms with Crippen LogP contribution in [0.2, 0.25) is 0 Å². The molecule has 21 heteroatoms. The maximum atomic E-state index is 14.2. The molecule has 3 N–H and O–H groups in total. The Balaban J connectivity index is 1.56. The molecule has 0 saturated carbocycles. The van der Waals surface area contributed by atoms with E-state index in [9.17, 15) is 38.0 Å². The van der Waals surface area contributed by atoms with Gasteiger partial charge in [-0.3, -0.25) is 42.5 Å². The molecule has 2 aliphatic heterocycles. The fraction of sp³-hybridized carbons (Fsp3) is 0.640. The van der Waals surface area contributed by atoms with Crippen molar-refractivity contribution in [2.45, 2.75) is 84.3 Å². The second-order valence-electron chi connectivity index (χ2n) is 10.8. The van der Waals surface area contributed by atoms with Crippen LogP contribution in [0.3, 0.4) is 0 Å². The Morgan fingerprint density at radius 1 is 1.09 bits per heavy atom. The van der Waals surface area contributed by atoms with Crippen molar-refractivity contribution in [1.82, 2.24) is 19.1 Å². The van der Waals surface area contributed by atoms with Gasteiger partial charge in [0.15, 0.2) is 0 Å². The van der Waals surface area contributed by atoms with Crippen LogP contribution in [0.1, 0.15) is 58.5 Å². The fourth-order valence-electron chi connectivity index (χ4n) is 4.58. The lowest BCUT2D eigenvalue weighted by Gasteiger charge is -2.24. The molecule has 4 heterocycles. The minimum absolute atomic E-state index is 0.0815. The molecule has 8 atom stereocenters. The quantitative estimate of drug-likeness (QED) is 0.152. The molecule has 4 rings (SSSR count). The lowest BCUT2D eigenvalue weighted by molar-refractivity contribution is -0.144. The average molecular weight is 711 g/mol. The summed E-state index contributed by atoms with van der Waals surface area (Å²) in [5, 5.41) is 0. The van der Waals surface area contributed by atoms with Gasteiger partial charge in [-0.25, -0.2) is 14.2 Å². The normalized spacial score (nSPS) is 26.6. The summed E-state index contributed by atoms with van der Waals surface area (Å²) in [4.78, 5) is 74.4. The van der Waals surface area contributed by atoms with Gasteiger partial charge >= 0.3 is 32.4 Å². The topological polar surface area (TPSA) is 237 Å². The number of rotatable bonds is 13. The van der Waals surface area contributed by atoms with E-state index < -0.39 is 98.9 Å². The van der Waals surface area contributed by atoms with Crippen molar-refractivity contribution in [1.29, 1.82) is 0 Å². The Morgan fingerprint density at radius 3 is 2.20 bits per heavy atom. The number of H-pyrrole nitrogens is 2. The van der Waals surface area contributed by atoms with Gasteiger partial charge in [-0.15, -0.1) is 9.42 Å². The summed E-state index contributed by atoms with van der Waals surface area (Å²) in [6, 6.07) is 0. The predicted molar refractivity (Wildman–Crippen MR) is 161 cm³/mol. The number of hydrogen-bond acceptors (Lipinski definition) is 14. The van der Waals surface area contributed by atoms with E-state index >= 15 is 0 Å². The van der Waals surface area contributed by atoms with Gasteiger partial charge in [-0.2, -0.15) is 0 Å². The summed E-state index contributed by atoms with van der Waals surface area (Å²) in [7, 11) is -3.14. The van der Waals surface area contributed by atoms with E-state index in [2.05, 4.69) is 9.97 Å². The SMILES string of the molecule is [2H]C[C@H]1O[C@@H](n2cc(C)c(=O)[nH]c2=O)CC1OP(=O)(OC[C@H]1O[C@@H](n2cc(C)c(=O)[nH]c2=O)CC1O[P+](=O)O)SCOC(=O)C(C)C. The highest BCUT2D eigenvalue weighted by Crippen LogP contribution is 2.63. The van der Waals surface area contributed by atoms with Gasteiger partial charge in [-0.05, 0) is 20.7 Å². The number of hydrogen-bond donors (Lipinski definition) is 3. The molecule has 0 radical (unpaired) electrons. The highest BCUT2D eigenvalue weighted by atomic mass is 32.7. The number of carbonyl (C=O) groups excluding carboxylic acids is 1. The summed E-state index contributed by atoms with van der Waals surface area (Å²) >= 11 is 0.512. The molecule has 2 aliphatic rings. The molecule has 2 aromatic heterocycles.